The van der Waals surface area contributed by atoms with Crippen LogP contribution in [0.4, 0.5) is 0 Å². The van der Waals surface area contributed by atoms with Gasteiger partial charge >= 0.3 is 0 Å². The van der Waals surface area contributed by atoms with Gasteiger partial charge < -0.3 is 4.42 Å². The molecule has 3 aromatic rings. The predicted octanol–water partition coefficient (Wildman–Crippen LogP) is 4.14. The zero-order valence-electron chi connectivity index (χ0n) is 13.6. The highest BCUT2D eigenvalue weighted by molar-refractivity contribution is 7.99. The van der Waals surface area contributed by atoms with Gasteiger partial charge in [-0.1, -0.05) is 43.3 Å². The lowest BCUT2D eigenvalue weighted by Gasteiger charge is -2.02. The van der Waals surface area contributed by atoms with Gasteiger partial charge in [-0.25, -0.2) is 4.98 Å². The van der Waals surface area contributed by atoms with Crippen LogP contribution in [0.25, 0.3) is 11.5 Å². The lowest BCUT2D eigenvalue weighted by atomic mass is 10.1. The summed E-state index contributed by atoms with van der Waals surface area (Å²) in [6.45, 7) is 8.20. The molecule has 0 radical (unpaired) electrons. The summed E-state index contributed by atoms with van der Waals surface area (Å²) in [5, 5.41) is 16.1. The normalized spacial score (nSPS) is 12.7. The SMILES string of the molecule is Cc1ccc(-c2nnc([C@@H](C)Sc3n[nH]c(C(C)C)n3)o2)cc1. The highest BCUT2D eigenvalue weighted by Gasteiger charge is 2.18. The summed E-state index contributed by atoms with van der Waals surface area (Å²) >= 11 is 1.50. The number of aromatic amines is 1. The zero-order valence-corrected chi connectivity index (χ0v) is 14.4. The number of nitrogens with zero attached hydrogens (tertiary/aromatic N) is 4. The van der Waals surface area contributed by atoms with E-state index in [9.17, 15) is 0 Å². The number of aryl methyl sites for hydroxylation is 1. The molecular formula is C16H19N5OS. The molecule has 0 fully saturated rings. The van der Waals surface area contributed by atoms with Crippen molar-refractivity contribution in [2.45, 2.75) is 44.0 Å². The van der Waals surface area contributed by atoms with Crippen LogP contribution < -0.4 is 0 Å². The second-order valence-corrected chi connectivity index (χ2v) is 7.04. The van der Waals surface area contributed by atoms with E-state index in [1.54, 1.807) is 0 Å². The van der Waals surface area contributed by atoms with Gasteiger partial charge in [0.2, 0.25) is 16.9 Å². The summed E-state index contributed by atoms with van der Waals surface area (Å²) in [4.78, 5) is 4.46. The van der Waals surface area contributed by atoms with E-state index in [1.165, 1.54) is 17.3 Å². The Labute approximate surface area is 139 Å². The lowest BCUT2D eigenvalue weighted by Crippen LogP contribution is -1.91. The highest BCUT2D eigenvalue weighted by atomic mass is 32.2. The molecule has 6 nitrogen and oxygen atoms in total. The van der Waals surface area contributed by atoms with Crippen molar-refractivity contribution in [3.63, 3.8) is 0 Å². The van der Waals surface area contributed by atoms with Crippen LogP contribution in [0.1, 0.15) is 49.2 Å². The molecule has 1 atom stereocenters. The average molecular weight is 329 g/mol. The minimum Gasteiger partial charge on any atom is -0.419 e. The number of H-pyrrole nitrogens is 1. The number of nitrogens with one attached hydrogen (secondary N) is 1. The van der Waals surface area contributed by atoms with Crippen LogP contribution in [0.3, 0.4) is 0 Å². The molecular weight excluding hydrogens is 310 g/mol. The molecule has 23 heavy (non-hydrogen) atoms. The Balaban J connectivity index is 1.72. The Morgan fingerprint density at radius 2 is 1.83 bits per heavy atom. The van der Waals surface area contributed by atoms with Gasteiger partial charge in [-0.3, -0.25) is 5.10 Å². The van der Waals surface area contributed by atoms with Crippen molar-refractivity contribution in [2.24, 2.45) is 0 Å². The molecule has 2 heterocycles. The minimum absolute atomic E-state index is 0.0162. The first-order valence-corrected chi connectivity index (χ1v) is 8.40. The summed E-state index contributed by atoms with van der Waals surface area (Å²) in [7, 11) is 0. The maximum Gasteiger partial charge on any atom is 0.247 e. The molecule has 120 valence electrons. The molecule has 0 aliphatic heterocycles. The molecule has 2 aromatic heterocycles. The lowest BCUT2D eigenvalue weighted by molar-refractivity contribution is 0.509. The third-order valence-corrected chi connectivity index (χ3v) is 4.35. The predicted molar refractivity (Wildman–Crippen MR) is 89.2 cm³/mol. The van der Waals surface area contributed by atoms with Crippen molar-refractivity contribution >= 4 is 11.8 Å². The molecule has 0 saturated carbocycles. The topological polar surface area (TPSA) is 80.5 Å². The van der Waals surface area contributed by atoms with Crippen LogP contribution in [0.2, 0.25) is 0 Å². The summed E-state index contributed by atoms with van der Waals surface area (Å²) in [5.74, 6) is 2.31. The Kier molecular flexibility index (Phi) is 4.47. The summed E-state index contributed by atoms with van der Waals surface area (Å²) in [6.07, 6.45) is 0. The van der Waals surface area contributed by atoms with E-state index in [0.29, 0.717) is 22.9 Å². The van der Waals surface area contributed by atoms with Crippen LogP contribution in [0.5, 0.6) is 0 Å². The second kappa shape index (κ2) is 6.54. The quantitative estimate of drug-likeness (QED) is 0.709. The maximum absolute atomic E-state index is 5.79. The van der Waals surface area contributed by atoms with E-state index < -0.39 is 0 Å². The molecule has 0 saturated heterocycles. The van der Waals surface area contributed by atoms with Crippen LogP contribution in [0.15, 0.2) is 33.8 Å². The van der Waals surface area contributed by atoms with Gasteiger partial charge in [0, 0.05) is 11.5 Å². The monoisotopic (exact) mass is 329 g/mol. The molecule has 7 heteroatoms. The number of hydrogen-bond donors (Lipinski definition) is 1. The average Bonchev–Trinajstić information content (AvgIpc) is 3.17. The van der Waals surface area contributed by atoms with Crippen LogP contribution in [-0.2, 0) is 0 Å². The van der Waals surface area contributed by atoms with Gasteiger partial charge in [-0.2, -0.15) is 0 Å². The molecule has 1 N–H and O–H groups in total. The van der Waals surface area contributed by atoms with Crippen LogP contribution in [-0.4, -0.2) is 25.4 Å². The molecule has 0 unspecified atom stereocenters. The number of hydrogen-bond acceptors (Lipinski definition) is 6. The first kappa shape index (κ1) is 15.7. The number of benzene rings is 1. The summed E-state index contributed by atoms with van der Waals surface area (Å²) in [5.41, 5.74) is 2.12. The Morgan fingerprint density at radius 3 is 2.48 bits per heavy atom. The molecule has 3 rings (SSSR count). The van der Waals surface area contributed by atoms with Gasteiger partial charge in [-0.15, -0.1) is 15.3 Å². The van der Waals surface area contributed by atoms with E-state index in [1.807, 2.05) is 38.1 Å². The molecule has 0 aliphatic rings. The van der Waals surface area contributed by atoms with E-state index >= 15 is 0 Å². The van der Waals surface area contributed by atoms with E-state index in [2.05, 4.69) is 39.2 Å². The van der Waals surface area contributed by atoms with Crippen molar-refractivity contribution < 1.29 is 4.42 Å². The van der Waals surface area contributed by atoms with Gasteiger partial charge in [0.1, 0.15) is 5.82 Å². The van der Waals surface area contributed by atoms with Gasteiger partial charge in [0.25, 0.3) is 0 Å². The van der Waals surface area contributed by atoms with Crippen molar-refractivity contribution in [3.05, 3.63) is 41.5 Å². The molecule has 0 bridgehead atoms. The van der Waals surface area contributed by atoms with Crippen molar-refractivity contribution in [1.82, 2.24) is 25.4 Å². The largest absolute Gasteiger partial charge is 0.419 e. The molecule has 1 aromatic carbocycles. The highest BCUT2D eigenvalue weighted by Crippen LogP contribution is 2.33. The summed E-state index contributed by atoms with van der Waals surface area (Å²) < 4.78 is 5.79. The van der Waals surface area contributed by atoms with E-state index in [4.69, 9.17) is 4.42 Å². The Bertz CT molecular complexity index is 778. The summed E-state index contributed by atoms with van der Waals surface area (Å²) in [6, 6.07) is 8.01. The maximum atomic E-state index is 5.79. The van der Waals surface area contributed by atoms with Gasteiger partial charge in [0.15, 0.2) is 0 Å². The number of rotatable bonds is 5. The third-order valence-electron chi connectivity index (χ3n) is 3.40. The number of thioether (sulfide) groups is 1. The first-order valence-electron chi connectivity index (χ1n) is 7.52. The second-order valence-electron chi connectivity index (χ2n) is 5.73. The molecule has 0 spiro atoms. The minimum atomic E-state index is -0.0162. The van der Waals surface area contributed by atoms with Crippen LogP contribution >= 0.6 is 11.8 Å². The Morgan fingerprint density at radius 1 is 1.09 bits per heavy atom. The van der Waals surface area contributed by atoms with Gasteiger partial charge in [0.05, 0.1) is 5.25 Å². The number of aromatic nitrogens is 5. The van der Waals surface area contributed by atoms with Gasteiger partial charge in [-0.05, 0) is 26.0 Å². The van der Waals surface area contributed by atoms with Crippen molar-refractivity contribution in [1.29, 1.82) is 0 Å². The van der Waals surface area contributed by atoms with E-state index in [-0.39, 0.29) is 5.25 Å². The fourth-order valence-corrected chi connectivity index (χ4v) is 2.75. The van der Waals surface area contributed by atoms with E-state index in [0.717, 1.165) is 11.4 Å². The fraction of sp³-hybridized carbons (Fsp3) is 0.375. The molecule has 0 aliphatic carbocycles. The van der Waals surface area contributed by atoms with Crippen molar-refractivity contribution in [3.8, 4) is 11.5 Å². The standard InChI is InChI=1S/C16H19N5OS/c1-9(2)13-17-16(21-18-13)23-11(4)14-19-20-15(22-14)12-7-5-10(3)6-8-12/h5-9,11H,1-4H3,(H,17,18,21)/t11-/m1/s1. The first-order chi connectivity index (χ1) is 11.0. The van der Waals surface area contributed by atoms with Crippen LogP contribution in [0, 0.1) is 6.92 Å². The fourth-order valence-electron chi connectivity index (χ4n) is 1.99. The third kappa shape index (κ3) is 3.61. The smallest absolute Gasteiger partial charge is 0.247 e. The molecule has 0 amide bonds. The van der Waals surface area contributed by atoms with Crippen molar-refractivity contribution in [2.75, 3.05) is 0 Å². The zero-order chi connectivity index (χ0) is 16.4. The Hall–Kier alpha value is -2.15.